The molecule has 15 heavy (non-hydrogen) atoms. The number of hydrogen-bond donors (Lipinski definition) is 1. The minimum Gasteiger partial charge on any atom is -0.396 e. The molecule has 0 aliphatic carbocycles. The molecule has 0 aliphatic rings. The molecule has 0 saturated carbocycles. The van der Waals surface area contributed by atoms with Crippen molar-refractivity contribution in [3.05, 3.63) is 42.0 Å². The molecule has 0 aliphatic heterocycles. The molecule has 0 spiro atoms. The van der Waals surface area contributed by atoms with E-state index in [-0.39, 0.29) is 6.61 Å². The SMILES string of the molecule is CC(CO)CSC/C=C/c1ccccc1. The maximum absolute atomic E-state index is 8.84. The van der Waals surface area contributed by atoms with Crippen molar-refractivity contribution in [1.82, 2.24) is 0 Å². The molecule has 1 nitrogen and oxygen atoms in total. The lowest BCUT2D eigenvalue weighted by molar-refractivity contribution is 0.250. The molecule has 1 aromatic rings. The lowest BCUT2D eigenvalue weighted by Gasteiger charge is -2.04. The molecule has 0 heterocycles. The maximum Gasteiger partial charge on any atom is 0.0464 e. The van der Waals surface area contributed by atoms with Crippen molar-refractivity contribution < 1.29 is 5.11 Å². The van der Waals surface area contributed by atoms with Gasteiger partial charge in [0.2, 0.25) is 0 Å². The van der Waals surface area contributed by atoms with Crippen LogP contribution in [-0.4, -0.2) is 23.2 Å². The zero-order valence-corrected chi connectivity index (χ0v) is 9.91. The molecule has 0 saturated heterocycles. The first-order chi connectivity index (χ1) is 7.33. The van der Waals surface area contributed by atoms with Gasteiger partial charge in [-0.25, -0.2) is 0 Å². The monoisotopic (exact) mass is 222 g/mol. The molecule has 1 atom stereocenters. The molecule has 82 valence electrons. The van der Waals surface area contributed by atoms with Crippen molar-refractivity contribution in [3.63, 3.8) is 0 Å². The van der Waals surface area contributed by atoms with E-state index in [0.29, 0.717) is 5.92 Å². The van der Waals surface area contributed by atoms with E-state index in [0.717, 1.165) is 11.5 Å². The van der Waals surface area contributed by atoms with E-state index in [9.17, 15) is 0 Å². The third-order valence-corrected chi connectivity index (χ3v) is 3.27. The summed E-state index contributed by atoms with van der Waals surface area (Å²) in [7, 11) is 0. The molecule has 1 aromatic carbocycles. The van der Waals surface area contributed by atoms with Crippen molar-refractivity contribution in [3.8, 4) is 0 Å². The van der Waals surface area contributed by atoms with Crippen LogP contribution in [0.3, 0.4) is 0 Å². The van der Waals surface area contributed by atoms with Gasteiger partial charge in [0, 0.05) is 12.4 Å². The predicted molar refractivity (Wildman–Crippen MR) is 69.1 cm³/mol. The van der Waals surface area contributed by atoms with Gasteiger partial charge in [-0.15, -0.1) is 0 Å². The first-order valence-electron chi connectivity index (χ1n) is 5.23. The van der Waals surface area contributed by atoms with Crippen LogP contribution in [0.5, 0.6) is 0 Å². The second-order valence-electron chi connectivity index (χ2n) is 3.64. The van der Waals surface area contributed by atoms with Crippen molar-refractivity contribution in [2.75, 3.05) is 18.1 Å². The highest BCUT2D eigenvalue weighted by atomic mass is 32.2. The van der Waals surface area contributed by atoms with Gasteiger partial charge in [0.25, 0.3) is 0 Å². The maximum atomic E-state index is 8.84. The Hall–Kier alpha value is -0.730. The van der Waals surface area contributed by atoms with E-state index >= 15 is 0 Å². The number of thioether (sulfide) groups is 1. The van der Waals surface area contributed by atoms with Crippen LogP contribution < -0.4 is 0 Å². The molecule has 2 heteroatoms. The lowest BCUT2D eigenvalue weighted by atomic mass is 10.2. The molecule has 1 unspecified atom stereocenters. The van der Waals surface area contributed by atoms with E-state index in [2.05, 4.69) is 31.2 Å². The van der Waals surface area contributed by atoms with Crippen molar-refractivity contribution in [2.45, 2.75) is 6.92 Å². The molecule has 0 bridgehead atoms. The van der Waals surface area contributed by atoms with Crippen molar-refractivity contribution >= 4 is 17.8 Å². The van der Waals surface area contributed by atoms with E-state index < -0.39 is 0 Å². The first-order valence-corrected chi connectivity index (χ1v) is 6.38. The Morgan fingerprint density at radius 1 is 1.33 bits per heavy atom. The van der Waals surface area contributed by atoms with Crippen LogP contribution in [0, 0.1) is 5.92 Å². The fourth-order valence-corrected chi connectivity index (χ4v) is 2.01. The summed E-state index contributed by atoms with van der Waals surface area (Å²) in [6, 6.07) is 10.3. The molecule has 1 N–H and O–H groups in total. The summed E-state index contributed by atoms with van der Waals surface area (Å²) in [5.74, 6) is 2.44. The lowest BCUT2D eigenvalue weighted by Crippen LogP contribution is -2.03. The Morgan fingerprint density at radius 3 is 2.73 bits per heavy atom. The highest BCUT2D eigenvalue weighted by Crippen LogP contribution is 2.09. The minimum absolute atomic E-state index is 0.287. The number of aliphatic hydroxyl groups is 1. The third kappa shape index (κ3) is 5.65. The van der Waals surface area contributed by atoms with Gasteiger partial charge in [0.05, 0.1) is 0 Å². The fourth-order valence-electron chi connectivity index (χ4n) is 1.14. The number of rotatable bonds is 6. The van der Waals surface area contributed by atoms with Gasteiger partial charge >= 0.3 is 0 Å². The van der Waals surface area contributed by atoms with Crippen LogP contribution >= 0.6 is 11.8 Å². The molecule has 0 aromatic heterocycles. The quantitative estimate of drug-likeness (QED) is 0.746. The Labute approximate surface area is 96.2 Å². The van der Waals surface area contributed by atoms with Crippen LogP contribution in [0.2, 0.25) is 0 Å². The predicted octanol–water partition coefficient (Wildman–Crippen LogP) is 3.06. The normalized spacial score (nSPS) is 13.2. The van der Waals surface area contributed by atoms with E-state index in [1.165, 1.54) is 5.56 Å². The Morgan fingerprint density at radius 2 is 2.07 bits per heavy atom. The molecular formula is C13H18OS. The van der Waals surface area contributed by atoms with Gasteiger partial charge in [-0.3, -0.25) is 0 Å². The number of aliphatic hydroxyl groups excluding tert-OH is 1. The van der Waals surface area contributed by atoms with E-state index in [4.69, 9.17) is 5.11 Å². The summed E-state index contributed by atoms with van der Waals surface area (Å²) < 4.78 is 0. The Bertz CT molecular complexity index is 282. The number of benzene rings is 1. The smallest absolute Gasteiger partial charge is 0.0464 e. The summed E-state index contributed by atoms with van der Waals surface area (Å²) in [4.78, 5) is 0. The highest BCUT2D eigenvalue weighted by molar-refractivity contribution is 7.99. The summed E-state index contributed by atoms with van der Waals surface area (Å²) in [5.41, 5.74) is 1.24. The van der Waals surface area contributed by atoms with Gasteiger partial charge < -0.3 is 5.11 Å². The van der Waals surface area contributed by atoms with Gasteiger partial charge in [-0.05, 0) is 17.2 Å². The van der Waals surface area contributed by atoms with Crippen LogP contribution in [0.15, 0.2) is 36.4 Å². The molecule has 0 radical (unpaired) electrons. The summed E-state index contributed by atoms with van der Waals surface area (Å²) in [6.45, 7) is 2.35. The second kappa shape index (κ2) is 7.55. The van der Waals surface area contributed by atoms with Crippen LogP contribution in [0.4, 0.5) is 0 Å². The van der Waals surface area contributed by atoms with Gasteiger partial charge in [-0.2, -0.15) is 11.8 Å². The summed E-state index contributed by atoms with van der Waals surface area (Å²) >= 11 is 1.86. The van der Waals surface area contributed by atoms with Crippen LogP contribution in [-0.2, 0) is 0 Å². The molecule has 0 fully saturated rings. The fraction of sp³-hybridized carbons (Fsp3) is 0.385. The van der Waals surface area contributed by atoms with E-state index in [1.807, 2.05) is 30.0 Å². The van der Waals surface area contributed by atoms with E-state index in [1.54, 1.807) is 0 Å². The molecular weight excluding hydrogens is 204 g/mol. The van der Waals surface area contributed by atoms with Crippen molar-refractivity contribution in [1.29, 1.82) is 0 Å². The van der Waals surface area contributed by atoms with Gasteiger partial charge in [0.15, 0.2) is 0 Å². The number of hydrogen-bond acceptors (Lipinski definition) is 2. The van der Waals surface area contributed by atoms with Crippen LogP contribution in [0.1, 0.15) is 12.5 Å². The Kier molecular flexibility index (Phi) is 6.21. The summed E-state index contributed by atoms with van der Waals surface area (Å²) in [5, 5.41) is 8.84. The second-order valence-corrected chi connectivity index (χ2v) is 4.71. The largest absolute Gasteiger partial charge is 0.396 e. The average molecular weight is 222 g/mol. The van der Waals surface area contributed by atoms with Crippen molar-refractivity contribution in [2.24, 2.45) is 5.92 Å². The Balaban J connectivity index is 2.18. The van der Waals surface area contributed by atoms with Gasteiger partial charge in [-0.1, -0.05) is 49.4 Å². The molecule has 1 rings (SSSR count). The topological polar surface area (TPSA) is 20.2 Å². The zero-order valence-electron chi connectivity index (χ0n) is 9.10. The van der Waals surface area contributed by atoms with Crippen LogP contribution in [0.25, 0.3) is 6.08 Å². The summed E-state index contributed by atoms with van der Waals surface area (Å²) in [6.07, 6.45) is 4.31. The highest BCUT2D eigenvalue weighted by Gasteiger charge is 1.97. The molecule has 0 amide bonds. The van der Waals surface area contributed by atoms with Gasteiger partial charge in [0.1, 0.15) is 0 Å². The zero-order chi connectivity index (χ0) is 10.9. The first kappa shape index (κ1) is 12.3. The standard InChI is InChI=1S/C13H18OS/c1-12(10-14)11-15-9-5-8-13-6-3-2-4-7-13/h2-8,12,14H,9-11H2,1H3/b8-5+. The third-order valence-electron chi connectivity index (χ3n) is 2.04. The minimum atomic E-state index is 0.287. The average Bonchev–Trinajstić information content (AvgIpc) is 2.29.